The smallest absolute Gasteiger partial charge is 0.273 e. The first-order valence-electron chi connectivity index (χ1n) is 6.76. The van der Waals surface area contributed by atoms with E-state index in [-0.39, 0.29) is 29.5 Å². The number of carbonyl (C=O) groups excluding carboxylic acids is 1. The molecule has 8 nitrogen and oxygen atoms in total. The number of hydrogen-bond acceptors (Lipinski definition) is 5. The van der Waals surface area contributed by atoms with Crippen molar-refractivity contribution in [3.8, 4) is 5.75 Å². The van der Waals surface area contributed by atoms with E-state index in [9.17, 15) is 20.0 Å². The van der Waals surface area contributed by atoms with Crippen molar-refractivity contribution in [2.24, 2.45) is 0 Å². The van der Waals surface area contributed by atoms with Crippen LogP contribution in [0.4, 0.5) is 11.4 Å². The van der Waals surface area contributed by atoms with Gasteiger partial charge in [0.1, 0.15) is 5.75 Å². The summed E-state index contributed by atoms with van der Waals surface area (Å²) in [4.78, 5) is 21.9. The largest absolute Gasteiger partial charge is 0.506 e. The topological polar surface area (TPSA) is 110 Å². The fourth-order valence-corrected chi connectivity index (χ4v) is 2.34. The van der Waals surface area contributed by atoms with E-state index in [4.69, 9.17) is 0 Å². The van der Waals surface area contributed by atoms with Gasteiger partial charge in [-0.25, -0.2) is 0 Å². The number of nitro groups is 1. The van der Waals surface area contributed by atoms with Gasteiger partial charge in [-0.2, -0.15) is 5.10 Å². The van der Waals surface area contributed by atoms with Crippen LogP contribution in [0.1, 0.15) is 17.8 Å². The summed E-state index contributed by atoms with van der Waals surface area (Å²) in [5, 5.41) is 27.1. The maximum absolute atomic E-state index is 12.0. The fraction of sp³-hybridized carbons (Fsp3) is 0.286. The number of phenolic OH excluding ortho intramolecular Hbond substituents is 1. The maximum atomic E-state index is 12.0. The van der Waals surface area contributed by atoms with Crippen molar-refractivity contribution in [3.05, 3.63) is 44.2 Å². The minimum atomic E-state index is -0.619. The molecular formula is C14H15BrN4O4. The average molecular weight is 383 g/mol. The number of hydrogen-bond donors (Lipinski definition) is 2. The number of rotatable bonds is 5. The molecule has 2 rings (SSSR count). The number of amides is 1. The van der Waals surface area contributed by atoms with Gasteiger partial charge >= 0.3 is 0 Å². The van der Waals surface area contributed by atoms with E-state index in [1.165, 1.54) is 12.1 Å². The second-order valence-electron chi connectivity index (χ2n) is 4.96. The number of halogens is 1. The van der Waals surface area contributed by atoms with Crippen LogP contribution in [0.3, 0.4) is 0 Å². The Morgan fingerprint density at radius 1 is 1.48 bits per heavy atom. The predicted molar refractivity (Wildman–Crippen MR) is 87.4 cm³/mol. The molecule has 0 aliphatic heterocycles. The molecule has 0 bridgehead atoms. The third-order valence-electron chi connectivity index (χ3n) is 3.31. The lowest BCUT2D eigenvalue weighted by Crippen LogP contribution is -2.15. The average Bonchev–Trinajstić information content (AvgIpc) is 2.74. The molecular weight excluding hydrogens is 368 g/mol. The first kappa shape index (κ1) is 16.9. The van der Waals surface area contributed by atoms with Crippen LogP contribution < -0.4 is 5.32 Å². The highest BCUT2D eigenvalue weighted by atomic mass is 79.9. The SMILES string of the molecule is Cc1nn(CCC(=O)Nc2ccc([N+](=O)[O-])cc2O)c(C)c1Br. The van der Waals surface area contributed by atoms with E-state index < -0.39 is 4.92 Å². The number of aromatic nitrogens is 2. The molecule has 122 valence electrons. The molecule has 0 atom stereocenters. The number of nitro benzene ring substituents is 1. The standard InChI is InChI=1S/C14H15BrN4O4/c1-8-14(15)9(2)18(17-8)6-5-13(21)16-11-4-3-10(19(22)23)7-12(11)20/h3-4,7,20H,5-6H2,1-2H3,(H,16,21). The molecule has 0 aliphatic rings. The molecule has 1 aromatic heterocycles. The lowest BCUT2D eigenvalue weighted by atomic mass is 10.2. The summed E-state index contributed by atoms with van der Waals surface area (Å²) in [5.74, 6) is -0.667. The van der Waals surface area contributed by atoms with E-state index in [1.807, 2.05) is 13.8 Å². The second kappa shape index (κ2) is 6.78. The second-order valence-corrected chi connectivity index (χ2v) is 5.76. The zero-order valence-electron chi connectivity index (χ0n) is 12.5. The molecule has 0 radical (unpaired) electrons. The Balaban J connectivity index is 2.00. The number of nitrogens with one attached hydrogen (secondary N) is 1. The minimum Gasteiger partial charge on any atom is -0.506 e. The number of nitrogens with zero attached hydrogens (tertiary/aromatic N) is 3. The zero-order chi connectivity index (χ0) is 17.1. The summed E-state index contributed by atoms with van der Waals surface area (Å²) in [7, 11) is 0. The molecule has 2 aromatic rings. The molecule has 23 heavy (non-hydrogen) atoms. The van der Waals surface area contributed by atoms with Crippen LogP contribution in [0.15, 0.2) is 22.7 Å². The number of non-ortho nitro benzene ring substituents is 1. The summed E-state index contributed by atoms with van der Waals surface area (Å²) >= 11 is 3.42. The van der Waals surface area contributed by atoms with Gasteiger partial charge in [0.15, 0.2) is 0 Å². The highest BCUT2D eigenvalue weighted by molar-refractivity contribution is 9.10. The third-order valence-corrected chi connectivity index (χ3v) is 4.46. The summed E-state index contributed by atoms with van der Waals surface area (Å²) in [6, 6.07) is 3.51. The Kier molecular flexibility index (Phi) is 4.99. The first-order chi connectivity index (χ1) is 10.8. The lowest BCUT2D eigenvalue weighted by molar-refractivity contribution is -0.384. The predicted octanol–water partition coefficient (Wildman–Crippen LogP) is 2.91. The van der Waals surface area contributed by atoms with Crippen LogP contribution in [0.5, 0.6) is 5.75 Å². The van der Waals surface area contributed by atoms with Gasteiger partial charge in [0.2, 0.25) is 5.91 Å². The Morgan fingerprint density at radius 3 is 2.70 bits per heavy atom. The number of benzene rings is 1. The highest BCUT2D eigenvalue weighted by Gasteiger charge is 2.13. The van der Waals surface area contributed by atoms with Gasteiger partial charge in [-0.1, -0.05) is 0 Å². The Labute approximate surface area is 140 Å². The van der Waals surface area contributed by atoms with Crippen LogP contribution in [0.25, 0.3) is 0 Å². The van der Waals surface area contributed by atoms with E-state index in [0.717, 1.165) is 21.9 Å². The van der Waals surface area contributed by atoms with Crippen LogP contribution in [-0.2, 0) is 11.3 Å². The Morgan fingerprint density at radius 2 is 2.17 bits per heavy atom. The van der Waals surface area contributed by atoms with Crippen molar-refractivity contribution in [2.75, 3.05) is 5.32 Å². The van der Waals surface area contributed by atoms with Crippen LogP contribution >= 0.6 is 15.9 Å². The van der Waals surface area contributed by atoms with Crippen molar-refractivity contribution in [2.45, 2.75) is 26.8 Å². The molecule has 1 aromatic carbocycles. The summed E-state index contributed by atoms with van der Waals surface area (Å²) in [6.07, 6.45) is 0.158. The number of anilines is 1. The zero-order valence-corrected chi connectivity index (χ0v) is 14.1. The molecule has 0 saturated heterocycles. The number of aryl methyl sites for hydroxylation is 2. The van der Waals surface area contributed by atoms with E-state index in [1.54, 1.807) is 4.68 Å². The molecule has 9 heteroatoms. The van der Waals surface area contributed by atoms with Gasteiger partial charge in [0.05, 0.1) is 33.4 Å². The molecule has 0 spiro atoms. The normalized spacial score (nSPS) is 10.6. The third kappa shape index (κ3) is 3.86. The quantitative estimate of drug-likeness (QED) is 0.469. The molecule has 0 aliphatic carbocycles. The minimum absolute atomic E-state index is 0.134. The van der Waals surface area contributed by atoms with Gasteiger partial charge in [-0.3, -0.25) is 19.6 Å². The van der Waals surface area contributed by atoms with E-state index >= 15 is 0 Å². The summed E-state index contributed by atoms with van der Waals surface area (Å²) in [5.41, 5.74) is 1.66. The number of phenols is 1. The molecule has 1 amide bonds. The van der Waals surface area contributed by atoms with Crippen molar-refractivity contribution >= 4 is 33.2 Å². The monoisotopic (exact) mass is 382 g/mol. The van der Waals surface area contributed by atoms with E-state index in [0.29, 0.717) is 6.54 Å². The molecule has 1 heterocycles. The molecule has 0 saturated carbocycles. The van der Waals surface area contributed by atoms with Crippen molar-refractivity contribution in [3.63, 3.8) is 0 Å². The van der Waals surface area contributed by atoms with Crippen LogP contribution in [-0.4, -0.2) is 25.7 Å². The van der Waals surface area contributed by atoms with Gasteiger partial charge < -0.3 is 10.4 Å². The first-order valence-corrected chi connectivity index (χ1v) is 7.55. The van der Waals surface area contributed by atoms with Crippen molar-refractivity contribution < 1.29 is 14.8 Å². The summed E-state index contributed by atoms with van der Waals surface area (Å²) in [6.45, 7) is 4.14. The molecule has 2 N–H and O–H groups in total. The van der Waals surface area contributed by atoms with Gasteiger partial charge in [0, 0.05) is 18.2 Å². The lowest BCUT2D eigenvalue weighted by Gasteiger charge is -2.08. The molecule has 0 fully saturated rings. The number of aromatic hydroxyl groups is 1. The van der Waals surface area contributed by atoms with Gasteiger partial charge in [-0.05, 0) is 35.8 Å². The van der Waals surface area contributed by atoms with E-state index in [2.05, 4.69) is 26.3 Å². The number of carbonyl (C=O) groups is 1. The Hall–Kier alpha value is -2.42. The van der Waals surface area contributed by atoms with Gasteiger partial charge in [0.25, 0.3) is 5.69 Å². The van der Waals surface area contributed by atoms with Crippen LogP contribution in [0, 0.1) is 24.0 Å². The van der Waals surface area contributed by atoms with Crippen LogP contribution in [0.2, 0.25) is 0 Å². The maximum Gasteiger partial charge on any atom is 0.273 e. The summed E-state index contributed by atoms with van der Waals surface area (Å²) < 4.78 is 2.63. The van der Waals surface area contributed by atoms with Crippen molar-refractivity contribution in [1.82, 2.24) is 9.78 Å². The Bertz CT molecular complexity index is 772. The van der Waals surface area contributed by atoms with Crippen molar-refractivity contribution in [1.29, 1.82) is 0 Å². The molecule has 0 unspecified atom stereocenters. The highest BCUT2D eigenvalue weighted by Crippen LogP contribution is 2.28. The van der Waals surface area contributed by atoms with Gasteiger partial charge in [-0.15, -0.1) is 0 Å². The fourth-order valence-electron chi connectivity index (χ4n) is 2.05.